The Morgan fingerprint density at radius 3 is 1.30 bits per heavy atom. The fraction of sp³-hybridized carbons (Fsp3) is 0.143. The molecule has 0 saturated carbocycles. The van der Waals surface area contributed by atoms with Crippen molar-refractivity contribution in [1.29, 1.82) is 0 Å². The van der Waals surface area contributed by atoms with Crippen molar-refractivity contribution in [1.82, 2.24) is 0 Å². The van der Waals surface area contributed by atoms with Gasteiger partial charge in [0.25, 0.3) is 11.8 Å². The standard InChI is InChI=1S/C14H14N4O2/c15-13(19)9-17-5-1-11(2-6-17)12-3-7-18(8-4-12)10-14(16)20/h1-8H,9-10H2,(H2-2,15,16,19,20)/p+2. The zero-order valence-electron chi connectivity index (χ0n) is 10.9. The van der Waals surface area contributed by atoms with E-state index in [1.54, 1.807) is 33.9 Å². The van der Waals surface area contributed by atoms with Crippen molar-refractivity contribution in [2.45, 2.75) is 13.1 Å². The predicted molar refractivity (Wildman–Crippen MR) is 70.7 cm³/mol. The van der Waals surface area contributed by atoms with E-state index in [-0.39, 0.29) is 24.9 Å². The maximum absolute atomic E-state index is 10.8. The first-order chi connectivity index (χ1) is 9.54. The highest BCUT2D eigenvalue weighted by Crippen LogP contribution is 2.15. The smallest absolute Gasteiger partial charge is 0.283 e. The van der Waals surface area contributed by atoms with Gasteiger partial charge in [-0.2, -0.15) is 9.13 Å². The molecule has 0 aromatic carbocycles. The van der Waals surface area contributed by atoms with Crippen LogP contribution in [-0.4, -0.2) is 11.8 Å². The topological polar surface area (TPSA) is 93.9 Å². The number of hydrogen-bond acceptors (Lipinski definition) is 2. The summed E-state index contributed by atoms with van der Waals surface area (Å²) in [5.41, 5.74) is 12.3. The first kappa shape index (κ1) is 13.7. The number of nitrogens with zero attached hydrogens (tertiary/aromatic N) is 2. The van der Waals surface area contributed by atoms with Gasteiger partial charge in [0.1, 0.15) is 0 Å². The highest BCUT2D eigenvalue weighted by molar-refractivity contribution is 5.72. The number of rotatable bonds is 5. The third-order valence-corrected chi connectivity index (χ3v) is 2.79. The van der Waals surface area contributed by atoms with Gasteiger partial charge in [0.05, 0.1) is 0 Å². The van der Waals surface area contributed by atoms with Crippen LogP contribution in [0.25, 0.3) is 11.1 Å². The van der Waals surface area contributed by atoms with Crippen molar-refractivity contribution in [3.05, 3.63) is 49.1 Å². The third-order valence-electron chi connectivity index (χ3n) is 2.79. The van der Waals surface area contributed by atoms with Crippen molar-refractivity contribution >= 4 is 11.8 Å². The monoisotopic (exact) mass is 272 g/mol. The van der Waals surface area contributed by atoms with Crippen LogP contribution in [0, 0.1) is 0 Å². The van der Waals surface area contributed by atoms with Gasteiger partial charge in [-0.1, -0.05) is 0 Å². The minimum absolute atomic E-state index is 0.160. The lowest BCUT2D eigenvalue weighted by molar-refractivity contribution is -0.684. The molecule has 6 heteroatoms. The largest absolute Gasteiger partial charge is 0.364 e. The minimum atomic E-state index is -0.380. The predicted octanol–water partition coefficient (Wildman–Crippen LogP) is -1.10. The summed E-state index contributed by atoms with van der Waals surface area (Å²) in [7, 11) is 0. The van der Waals surface area contributed by atoms with E-state index in [0.717, 1.165) is 11.1 Å². The van der Waals surface area contributed by atoms with Gasteiger partial charge >= 0.3 is 0 Å². The summed E-state index contributed by atoms with van der Waals surface area (Å²) in [5.74, 6) is -0.759. The van der Waals surface area contributed by atoms with E-state index in [9.17, 15) is 9.59 Å². The summed E-state index contributed by atoms with van der Waals surface area (Å²) in [6.45, 7) is 0.321. The molecule has 6 nitrogen and oxygen atoms in total. The number of aromatic nitrogens is 2. The van der Waals surface area contributed by atoms with Gasteiger partial charge in [-0.25, -0.2) is 0 Å². The molecule has 2 amide bonds. The van der Waals surface area contributed by atoms with Crippen molar-refractivity contribution in [2.75, 3.05) is 0 Å². The van der Waals surface area contributed by atoms with Gasteiger partial charge < -0.3 is 11.5 Å². The van der Waals surface area contributed by atoms with Crippen LogP contribution in [0.5, 0.6) is 0 Å². The lowest BCUT2D eigenvalue weighted by Gasteiger charge is -2.00. The Labute approximate surface area is 116 Å². The fourth-order valence-corrected chi connectivity index (χ4v) is 1.87. The summed E-state index contributed by atoms with van der Waals surface area (Å²) in [5, 5.41) is 0. The average Bonchev–Trinajstić information content (AvgIpc) is 2.39. The Morgan fingerprint density at radius 1 is 0.750 bits per heavy atom. The summed E-state index contributed by atoms with van der Waals surface area (Å²) in [6.07, 6.45) is 7.18. The van der Waals surface area contributed by atoms with E-state index in [2.05, 4.69) is 0 Å². The molecule has 2 heterocycles. The number of pyridine rings is 2. The molecule has 0 fully saturated rings. The third kappa shape index (κ3) is 3.61. The molecule has 4 N–H and O–H groups in total. The molecule has 0 spiro atoms. The molecule has 0 aliphatic heterocycles. The summed E-state index contributed by atoms with van der Waals surface area (Å²) >= 11 is 0. The molecule has 2 aromatic heterocycles. The Bertz CT molecular complexity index is 563. The Hall–Kier alpha value is -2.76. The van der Waals surface area contributed by atoms with Gasteiger partial charge in [-0.3, -0.25) is 9.59 Å². The number of primary amides is 2. The first-order valence-corrected chi connectivity index (χ1v) is 6.10. The van der Waals surface area contributed by atoms with Gasteiger partial charge in [0.15, 0.2) is 24.8 Å². The van der Waals surface area contributed by atoms with Crippen LogP contribution in [0.2, 0.25) is 0 Å². The van der Waals surface area contributed by atoms with Gasteiger partial charge in [-0.15, -0.1) is 0 Å². The van der Waals surface area contributed by atoms with E-state index >= 15 is 0 Å². The van der Waals surface area contributed by atoms with Crippen LogP contribution in [0.4, 0.5) is 0 Å². The number of nitrogens with two attached hydrogens (primary N) is 2. The van der Waals surface area contributed by atoms with Crippen molar-refractivity contribution in [3.63, 3.8) is 0 Å². The van der Waals surface area contributed by atoms with Crippen LogP contribution >= 0.6 is 0 Å². The van der Waals surface area contributed by atoms with Crippen LogP contribution in [0.1, 0.15) is 0 Å². The van der Waals surface area contributed by atoms with E-state index in [4.69, 9.17) is 11.5 Å². The van der Waals surface area contributed by atoms with Crippen molar-refractivity contribution in [3.8, 4) is 11.1 Å². The molecule has 0 bridgehead atoms. The zero-order chi connectivity index (χ0) is 14.5. The van der Waals surface area contributed by atoms with E-state index in [1.165, 1.54) is 0 Å². The molecule has 20 heavy (non-hydrogen) atoms. The van der Waals surface area contributed by atoms with Crippen molar-refractivity contribution in [2.24, 2.45) is 11.5 Å². The number of hydrogen-bond donors (Lipinski definition) is 2. The lowest BCUT2D eigenvalue weighted by Crippen LogP contribution is -2.40. The molecule has 0 radical (unpaired) electrons. The Morgan fingerprint density at radius 2 is 1.05 bits per heavy atom. The van der Waals surface area contributed by atoms with Crippen LogP contribution in [-0.2, 0) is 22.7 Å². The number of carbonyl (C=O) groups is 2. The maximum atomic E-state index is 10.8. The normalized spacial score (nSPS) is 10.2. The molecule has 0 aliphatic rings. The summed E-state index contributed by atoms with van der Waals surface area (Å²) in [4.78, 5) is 21.6. The Balaban J connectivity index is 2.15. The van der Waals surface area contributed by atoms with Crippen LogP contribution < -0.4 is 20.6 Å². The highest BCUT2D eigenvalue weighted by atomic mass is 16.1. The SMILES string of the molecule is NC(=O)C[n+]1ccc(-c2cc[n+](CC(N)=O)cc2)cc1. The number of amides is 2. The lowest BCUT2D eigenvalue weighted by atomic mass is 10.1. The first-order valence-electron chi connectivity index (χ1n) is 6.10. The average molecular weight is 272 g/mol. The Kier molecular flexibility index (Phi) is 4.05. The van der Waals surface area contributed by atoms with Crippen LogP contribution in [0.15, 0.2) is 49.1 Å². The molecule has 102 valence electrons. The number of carbonyl (C=O) groups excluding carboxylic acids is 2. The molecule has 0 saturated heterocycles. The second-order valence-corrected chi connectivity index (χ2v) is 4.45. The molecule has 2 aromatic rings. The highest BCUT2D eigenvalue weighted by Gasteiger charge is 2.08. The van der Waals surface area contributed by atoms with Gasteiger partial charge in [0.2, 0.25) is 13.1 Å². The zero-order valence-corrected chi connectivity index (χ0v) is 10.9. The van der Waals surface area contributed by atoms with Crippen LogP contribution in [0.3, 0.4) is 0 Å². The molecule has 0 unspecified atom stereocenters. The second kappa shape index (κ2) is 5.92. The minimum Gasteiger partial charge on any atom is -0.364 e. The molecular formula is C14H16N4O2+2. The second-order valence-electron chi connectivity index (χ2n) is 4.45. The molecule has 0 aliphatic carbocycles. The fourth-order valence-electron chi connectivity index (χ4n) is 1.87. The van der Waals surface area contributed by atoms with E-state index in [1.807, 2.05) is 24.3 Å². The summed E-state index contributed by atoms with van der Waals surface area (Å²) < 4.78 is 3.42. The molecular weight excluding hydrogens is 256 g/mol. The molecule has 0 atom stereocenters. The van der Waals surface area contributed by atoms with Gasteiger partial charge in [0, 0.05) is 24.3 Å². The summed E-state index contributed by atoms with van der Waals surface area (Å²) in [6, 6.07) is 7.60. The molecule has 2 rings (SSSR count). The van der Waals surface area contributed by atoms with Gasteiger partial charge in [-0.05, 0) is 11.1 Å². The van der Waals surface area contributed by atoms with Crippen molar-refractivity contribution < 1.29 is 18.7 Å². The quantitative estimate of drug-likeness (QED) is 0.676. The van der Waals surface area contributed by atoms with E-state index in [0.29, 0.717) is 0 Å². The van der Waals surface area contributed by atoms with E-state index < -0.39 is 0 Å². The maximum Gasteiger partial charge on any atom is 0.283 e.